The number of phenols is 2. The van der Waals surface area contributed by atoms with Crippen LogP contribution in [-0.2, 0) is 11.3 Å². The van der Waals surface area contributed by atoms with Crippen molar-refractivity contribution in [1.82, 2.24) is 0 Å². The summed E-state index contributed by atoms with van der Waals surface area (Å²) >= 11 is 0. The Labute approximate surface area is 105 Å². The van der Waals surface area contributed by atoms with Gasteiger partial charge in [0.2, 0.25) is 0 Å². The number of hydrogen-bond acceptors (Lipinski definition) is 4. The van der Waals surface area contributed by atoms with Crippen molar-refractivity contribution in [3.05, 3.63) is 54.1 Å². The lowest BCUT2D eigenvalue weighted by Gasteiger charge is -2.07. The van der Waals surface area contributed by atoms with E-state index < -0.39 is 0 Å². The Balaban J connectivity index is 1.76. The summed E-state index contributed by atoms with van der Waals surface area (Å²) in [4.78, 5) is 0. The zero-order chi connectivity index (χ0) is 12.8. The first-order valence-corrected chi connectivity index (χ1v) is 5.51. The molecular weight excluding hydrogens is 232 g/mol. The van der Waals surface area contributed by atoms with Gasteiger partial charge in [-0.05, 0) is 29.8 Å². The maximum Gasteiger partial charge on any atom is 0.189 e. The molecule has 4 heteroatoms. The van der Waals surface area contributed by atoms with Gasteiger partial charge in [0, 0.05) is 6.07 Å². The van der Waals surface area contributed by atoms with Crippen LogP contribution in [-0.4, -0.2) is 17.0 Å². The van der Waals surface area contributed by atoms with Gasteiger partial charge in [0.25, 0.3) is 0 Å². The molecule has 0 bridgehead atoms. The second-order valence-electron chi connectivity index (χ2n) is 3.78. The van der Waals surface area contributed by atoms with Crippen LogP contribution < -0.4 is 4.74 Å². The fraction of sp³-hybridized carbons (Fsp3) is 0.143. The highest BCUT2D eigenvalue weighted by molar-refractivity contribution is 5.31. The van der Waals surface area contributed by atoms with E-state index in [4.69, 9.17) is 9.47 Å². The molecule has 0 unspecified atom stereocenters. The highest BCUT2D eigenvalue weighted by atomic mass is 16.7. The highest BCUT2D eigenvalue weighted by Crippen LogP contribution is 2.17. The zero-order valence-corrected chi connectivity index (χ0v) is 9.74. The third-order valence-electron chi connectivity index (χ3n) is 2.31. The van der Waals surface area contributed by atoms with E-state index in [0.29, 0.717) is 12.4 Å². The number of aromatic hydroxyl groups is 2. The molecule has 0 saturated heterocycles. The smallest absolute Gasteiger partial charge is 0.189 e. The summed E-state index contributed by atoms with van der Waals surface area (Å²) in [5.41, 5.74) is 0.870. The van der Waals surface area contributed by atoms with Crippen LogP contribution in [0.5, 0.6) is 17.2 Å². The molecule has 2 rings (SSSR count). The molecule has 18 heavy (non-hydrogen) atoms. The zero-order valence-electron chi connectivity index (χ0n) is 9.74. The molecule has 2 aromatic carbocycles. The summed E-state index contributed by atoms with van der Waals surface area (Å²) in [5.74, 6) is 0.913. The molecule has 0 atom stereocenters. The topological polar surface area (TPSA) is 58.9 Å². The molecule has 94 valence electrons. The Hall–Kier alpha value is -2.20. The first-order chi connectivity index (χ1) is 8.74. The number of ether oxygens (including phenoxy) is 2. The third kappa shape index (κ3) is 3.68. The van der Waals surface area contributed by atoms with E-state index in [1.54, 1.807) is 36.4 Å². The standard InChI is InChI=1S/C14H14O4/c15-12-4-1-3-11(7-12)9-17-10-18-14-6-2-5-13(16)8-14/h1-8,15-16H,9-10H2. The normalized spacial score (nSPS) is 10.2. The van der Waals surface area contributed by atoms with Crippen LogP contribution >= 0.6 is 0 Å². The van der Waals surface area contributed by atoms with E-state index >= 15 is 0 Å². The van der Waals surface area contributed by atoms with Gasteiger partial charge in [-0.15, -0.1) is 0 Å². The number of benzene rings is 2. The molecule has 2 aromatic rings. The van der Waals surface area contributed by atoms with Crippen molar-refractivity contribution in [2.75, 3.05) is 6.79 Å². The van der Waals surface area contributed by atoms with Crippen molar-refractivity contribution in [2.24, 2.45) is 0 Å². The minimum absolute atomic E-state index is 0.0824. The Morgan fingerprint density at radius 3 is 2.33 bits per heavy atom. The van der Waals surface area contributed by atoms with Gasteiger partial charge < -0.3 is 19.7 Å². The Kier molecular flexibility index (Phi) is 4.04. The molecule has 0 aromatic heterocycles. The lowest BCUT2D eigenvalue weighted by Crippen LogP contribution is -2.02. The van der Waals surface area contributed by atoms with E-state index in [1.165, 1.54) is 6.07 Å². The average Bonchev–Trinajstić information content (AvgIpc) is 2.35. The van der Waals surface area contributed by atoms with Crippen molar-refractivity contribution in [3.63, 3.8) is 0 Å². The molecule has 0 aliphatic carbocycles. The molecule has 0 fully saturated rings. The van der Waals surface area contributed by atoms with Gasteiger partial charge in [-0.2, -0.15) is 0 Å². The van der Waals surface area contributed by atoms with Gasteiger partial charge >= 0.3 is 0 Å². The molecule has 4 nitrogen and oxygen atoms in total. The first kappa shape index (κ1) is 12.3. The third-order valence-corrected chi connectivity index (χ3v) is 2.31. The molecule has 0 heterocycles. The van der Waals surface area contributed by atoms with Gasteiger partial charge in [-0.25, -0.2) is 0 Å². The van der Waals surface area contributed by atoms with Crippen LogP contribution in [0.1, 0.15) is 5.56 Å². The molecule has 0 aliphatic rings. The fourth-order valence-electron chi connectivity index (χ4n) is 1.49. The Morgan fingerprint density at radius 1 is 0.889 bits per heavy atom. The summed E-state index contributed by atoms with van der Waals surface area (Å²) < 4.78 is 10.6. The van der Waals surface area contributed by atoms with Crippen molar-refractivity contribution in [1.29, 1.82) is 0 Å². The lowest BCUT2D eigenvalue weighted by molar-refractivity contribution is 0.00490. The highest BCUT2D eigenvalue weighted by Gasteiger charge is 1.97. The van der Waals surface area contributed by atoms with Gasteiger partial charge in [-0.1, -0.05) is 18.2 Å². The van der Waals surface area contributed by atoms with Crippen molar-refractivity contribution in [2.45, 2.75) is 6.61 Å². The van der Waals surface area contributed by atoms with E-state index in [9.17, 15) is 10.2 Å². The summed E-state index contributed by atoms with van der Waals surface area (Å²) in [6, 6.07) is 13.4. The molecule has 0 aliphatic heterocycles. The summed E-state index contributed by atoms with van der Waals surface area (Å²) in [6.45, 7) is 0.437. The summed E-state index contributed by atoms with van der Waals surface area (Å²) in [6.07, 6.45) is 0. The van der Waals surface area contributed by atoms with Crippen LogP contribution in [0.15, 0.2) is 48.5 Å². The molecule has 2 N–H and O–H groups in total. The van der Waals surface area contributed by atoms with Gasteiger partial charge in [0.1, 0.15) is 17.2 Å². The van der Waals surface area contributed by atoms with Gasteiger partial charge in [-0.3, -0.25) is 0 Å². The van der Waals surface area contributed by atoms with E-state index in [2.05, 4.69) is 0 Å². The Bertz CT molecular complexity index is 463. The summed E-state index contributed by atoms with van der Waals surface area (Å²) in [5, 5.41) is 18.5. The van der Waals surface area contributed by atoms with Crippen molar-refractivity contribution in [3.8, 4) is 17.2 Å². The second kappa shape index (κ2) is 5.93. The molecular formula is C14H14O4. The van der Waals surface area contributed by atoms with Crippen LogP contribution in [0.2, 0.25) is 0 Å². The monoisotopic (exact) mass is 246 g/mol. The van der Waals surface area contributed by atoms with Crippen LogP contribution in [0.4, 0.5) is 0 Å². The number of phenolic OH excluding ortho intramolecular Hbond substituents is 2. The fourth-order valence-corrected chi connectivity index (χ4v) is 1.49. The number of hydrogen-bond donors (Lipinski definition) is 2. The molecule has 0 saturated carbocycles. The maximum atomic E-state index is 9.26. The maximum absolute atomic E-state index is 9.26. The predicted molar refractivity (Wildman–Crippen MR) is 66.5 cm³/mol. The largest absolute Gasteiger partial charge is 0.508 e. The molecule has 0 spiro atoms. The van der Waals surface area contributed by atoms with Crippen molar-refractivity contribution < 1.29 is 19.7 Å². The van der Waals surface area contributed by atoms with E-state index in [0.717, 1.165) is 5.56 Å². The van der Waals surface area contributed by atoms with Crippen LogP contribution in [0.3, 0.4) is 0 Å². The summed E-state index contributed by atoms with van der Waals surface area (Å²) in [7, 11) is 0. The quantitative estimate of drug-likeness (QED) is 0.629. The first-order valence-electron chi connectivity index (χ1n) is 5.51. The van der Waals surface area contributed by atoms with Crippen LogP contribution in [0.25, 0.3) is 0 Å². The second-order valence-corrected chi connectivity index (χ2v) is 3.78. The van der Waals surface area contributed by atoms with E-state index in [-0.39, 0.29) is 18.3 Å². The average molecular weight is 246 g/mol. The minimum Gasteiger partial charge on any atom is -0.508 e. The minimum atomic E-state index is 0.0824. The van der Waals surface area contributed by atoms with E-state index in [1.807, 2.05) is 6.07 Å². The lowest BCUT2D eigenvalue weighted by atomic mass is 10.2. The predicted octanol–water partition coefficient (Wildman–Crippen LogP) is 2.65. The molecule has 0 amide bonds. The van der Waals surface area contributed by atoms with Crippen LogP contribution in [0, 0.1) is 0 Å². The Morgan fingerprint density at radius 2 is 1.61 bits per heavy atom. The van der Waals surface area contributed by atoms with Gasteiger partial charge in [0.15, 0.2) is 6.79 Å². The SMILES string of the molecule is Oc1cccc(COCOc2cccc(O)c2)c1. The van der Waals surface area contributed by atoms with Gasteiger partial charge in [0.05, 0.1) is 6.61 Å². The number of rotatable bonds is 5. The van der Waals surface area contributed by atoms with Crippen molar-refractivity contribution >= 4 is 0 Å². The molecule has 0 radical (unpaired) electrons.